The first-order valence-electron chi connectivity index (χ1n) is 4.51. The lowest BCUT2D eigenvalue weighted by atomic mass is 10.2. The van der Waals surface area contributed by atoms with Crippen molar-refractivity contribution in [1.29, 1.82) is 0 Å². The molecule has 1 heterocycles. The van der Waals surface area contributed by atoms with Crippen LogP contribution in [0, 0.1) is 0 Å². The van der Waals surface area contributed by atoms with E-state index in [0.717, 1.165) is 0 Å². The minimum atomic E-state index is -0.455. The lowest BCUT2D eigenvalue weighted by molar-refractivity contribution is -0.103. The molecular weight excluding hydrogens is 218 g/mol. The van der Waals surface area contributed by atoms with Crippen molar-refractivity contribution in [2.24, 2.45) is 0 Å². The molecule has 0 aromatic heterocycles. The number of nitrogen functional groups attached to an aromatic ring is 1. The van der Waals surface area contributed by atoms with Crippen LogP contribution in [0.1, 0.15) is 10.4 Å². The van der Waals surface area contributed by atoms with Gasteiger partial charge in [-0.3, -0.25) is 0 Å². The summed E-state index contributed by atoms with van der Waals surface area (Å²) in [4.78, 5) is 11.6. The number of rotatable bonds is 2. The Hall–Kier alpha value is -1.26. The third-order valence-electron chi connectivity index (χ3n) is 2.15. The summed E-state index contributed by atoms with van der Waals surface area (Å²) >= 11 is 5.78. The Morgan fingerprint density at radius 3 is 2.87 bits per heavy atom. The summed E-state index contributed by atoms with van der Waals surface area (Å²) < 4.78 is 10.00. The number of halogens is 1. The Bertz CT molecular complexity index is 390. The van der Waals surface area contributed by atoms with Gasteiger partial charge in [0.25, 0.3) is 0 Å². The molecule has 1 fully saturated rings. The van der Waals surface area contributed by atoms with E-state index in [-0.39, 0.29) is 11.8 Å². The molecular formula is C10H10ClNO3. The molecule has 5 heteroatoms. The second kappa shape index (κ2) is 4.08. The first kappa shape index (κ1) is 10.3. The molecule has 0 spiro atoms. The summed E-state index contributed by atoms with van der Waals surface area (Å²) in [7, 11) is 0. The number of para-hydroxylation sites is 1. The van der Waals surface area contributed by atoms with E-state index in [0.29, 0.717) is 23.8 Å². The van der Waals surface area contributed by atoms with Gasteiger partial charge in [0.15, 0.2) is 0 Å². The molecule has 80 valence electrons. The van der Waals surface area contributed by atoms with Gasteiger partial charge in [-0.25, -0.2) is 4.79 Å². The number of nitrogens with two attached hydrogens (primary N) is 1. The molecule has 1 aromatic carbocycles. The summed E-state index contributed by atoms with van der Waals surface area (Å²) in [6, 6.07) is 4.87. The lowest BCUT2D eigenvalue weighted by Crippen LogP contribution is -2.37. The lowest BCUT2D eigenvalue weighted by Gasteiger charge is -2.25. The molecule has 0 unspecified atom stereocenters. The molecule has 2 rings (SSSR count). The number of benzene rings is 1. The van der Waals surface area contributed by atoms with E-state index in [9.17, 15) is 4.79 Å². The highest BCUT2D eigenvalue weighted by Gasteiger charge is 2.24. The maximum Gasteiger partial charge on any atom is 0.340 e. The quantitative estimate of drug-likeness (QED) is 0.614. The molecule has 1 aliphatic rings. The standard InChI is InChI=1S/C10H10ClNO3/c11-8-3-1-2-7(9(8)12)10(13)15-6-4-14-5-6/h1-3,6H,4-5,12H2. The van der Waals surface area contributed by atoms with Gasteiger partial charge in [-0.2, -0.15) is 0 Å². The second-order valence-electron chi connectivity index (χ2n) is 3.27. The van der Waals surface area contributed by atoms with E-state index >= 15 is 0 Å². The van der Waals surface area contributed by atoms with Gasteiger partial charge in [0.2, 0.25) is 0 Å². The van der Waals surface area contributed by atoms with Gasteiger partial charge in [-0.15, -0.1) is 0 Å². The smallest absolute Gasteiger partial charge is 0.340 e. The molecule has 0 amide bonds. The zero-order chi connectivity index (χ0) is 10.8. The maximum atomic E-state index is 11.6. The van der Waals surface area contributed by atoms with Gasteiger partial charge >= 0.3 is 5.97 Å². The number of esters is 1. The molecule has 1 aromatic rings. The van der Waals surface area contributed by atoms with Crippen molar-refractivity contribution in [2.75, 3.05) is 18.9 Å². The van der Waals surface area contributed by atoms with Crippen molar-refractivity contribution < 1.29 is 14.3 Å². The van der Waals surface area contributed by atoms with Crippen LogP contribution < -0.4 is 5.73 Å². The highest BCUT2D eigenvalue weighted by atomic mass is 35.5. The van der Waals surface area contributed by atoms with E-state index in [1.54, 1.807) is 18.2 Å². The van der Waals surface area contributed by atoms with E-state index < -0.39 is 5.97 Å². The summed E-state index contributed by atoms with van der Waals surface area (Å²) in [6.45, 7) is 0.901. The van der Waals surface area contributed by atoms with Gasteiger partial charge in [0, 0.05) is 0 Å². The predicted molar refractivity (Wildman–Crippen MR) is 55.9 cm³/mol. The van der Waals surface area contributed by atoms with Gasteiger partial charge in [0.1, 0.15) is 6.10 Å². The van der Waals surface area contributed by atoms with Crippen LogP contribution in [0.3, 0.4) is 0 Å². The van der Waals surface area contributed by atoms with Crippen LogP contribution in [-0.4, -0.2) is 25.3 Å². The number of hydrogen-bond acceptors (Lipinski definition) is 4. The van der Waals surface area contributed by atoms with Crippen molar-refractivity contribution in [3.05, 3.63) is 28.8 Å². The molecule has 0 aliphatic carbocycles. The SMILES string of the molecule is Nc1c(Cl)cccc1C(=O)OC1COC1. The maximum absolute atomic E-state index is 11.6. The number of anilines is 1. The van der Waals surface area contributed by atoms with Crippen LogP contribution >= 0.6 is 11.6 Å². The minimum absolute atomic E-state index is 0.157. The topological polar surface area (TPSA) is 61.6 Å². The minimum Gasteiger partial charge on any atom is -0.454 e. The Morgan fingerprint density at radius 2 is 2.27 bits per heavy atom. The van der Waals surface area contributed by atoms with Crippen LogP contribution in [0.5, 0.6) is 0 Å². The van der Waals surface area contributed by atoms with Crippen LogP contribution in [0.25, 0.3) is 0 Å². The number of hydrogen-bond donors (Lipinski definition) is 1. The van der Waals surface area contributed by atoms with Crippen LogP contribution in [0.2, 0.25) is 5.02 Å². The summed E-state index contributed by atoms with van der Waals surface area (Å²) in [6.07, 6.45) is -0.157. The van der Waals surface area contributed by atoms with Crippen LogP contribution in [-0.2, 0) is 9.47 Å². The summed E-state index contributed by atoms with van der Waals surface area (Å²) in [5.41, 5.74) is 6.21. The Labute approximate surface area is 91.9 Å². The Balaban J connectivity index is 2.13. The van der Waals surface area contributed by atoms with Gasteiger partial charge in [-0.05, 0) is 12.1 Å². The van der Waals surface area contributed by atoms with E-state index in [4.69, 9.17) is 26.8 Å². The summed E-state index contributed by atoms with van der Waals surface area (Å²) in [5.74, 6) is -0.455. The molecule has 0 bridgehead atoms. The zero-order valence-electron chi connectivity index (χ0n) is 7.90. The average Bonchev–Trinajstić information content (AvgIpc) is 2.15. The first-order valence-corrected chi connectivity index (χ1v) is 4.89. The number of ether oxygens (including phenoxy) is 2. The van der Waals surface area contributed by atoms with Crippen molar-refractivity contribution in [2.45, 2.75) is 6.10 Å². The molecule has 1 saturated heterocycles. The number of carbonyl (C=O) groups is 1. The largest absolute Gasteiger partial charge is 0.454 e. The third kappa shape index (κ3) is 2.06. The Kier molecular flexibility index (Phi) is 2.79. The fourth-order valence-corrected chi connectivity index (χ4v) is 1.39. The van der Waals surface area contributed by atoms with Crippen molar-refractivity contribution >= 4 is 23.3 Å². The average molecular weight is 228 g/mol. The highest BCUT2D eigenvalue weighted by Crippen LogP contribution is 2.23. The van der Waals surface area contributed by atoms with E-state index in [2.05, 4.69) is 0 Å². The highest BCUT2D eigenvalue weighted by molar-refractivity contribution is 6.33. The van der Waals surface area contributed by atoms with Crippen molar-refractivity contribution in [3.8, 4) is 0 Å². The monoisotopic (exact) mass is 227 g/mol. The summed E-state index contributed by atoms with van der Waals surface area (Å²) in [5, 5.41) is 0.356. The first-order chi connectivity index (χ1) is 7.18. The van der Waals surface area contributed by atoms with Gasteiger partial charge < -0.3 is 15.2 Å². The van der Waals surface area contributed by atoms with Gasteiger partial charge in [0.05, 0.1) is 29.5 Å². The Morgan fingerprint density at radius 1 is 1.53 bits per heavy atom. The predicted octanol–water partition coefficient (Wildman–Crippen LogP) is 1.48. The normalized spacial score (nSPS) is 15.8. The number of carbonyl (C=O) groups excluding carboxylic acids is 1. The molecule has 15 heavy (non-hydrogen) atoms. The molecule has 0 atom stereocenters. The van der Waals surface area contributed by atoms with Crippen molar-refractivity contribution in [1.82, 2.24) is 0 Å². The second-order valence-corrected chi connectivity index (χ2v) is 3.67. The molecule has 1 aliphatic heterocycles. The zero-order valence-corrected chi connectivity index (χ0v) is 8.66. The van der Waals surface area contributed by atoms with E-state index in [1.165, 1.54) is 0 Å². The van der Waals surface area contributed by atoms with Crippen LogP contribution in [0.4, 0.5) is 5.69 Å². The third-order valence-corrected chi connectivity index (χ3v) is 2.48. The fraction of sp³-hybridized carbons (Fsp3) is 0.300. The molecule has 0 radical (unpaired) electrons. The fourth-order valence-electron chi connectivity index (χ4n) is 1.21. The van der Waals surface area contributed by atoms with Gasteiger partial charge in [-0.1, -0.05) is 17.7 Å². The molecule has 0 saturated carbocycles. The molecule has 2 N–H and O–H groups in total. The van der Waals surface area contributed by atoms with Crippen LogP contribution in [0.15, 0.2) is 18.2 Å². The van der Waals surface area contributed by atoms with Crippen molar-refractivity contribution in [3.63, 3.8) is 0 Å². The van der Waals surface area contributed by atoms with E-state index in [1.807, 2.05) is 0 Å². The molecule has 4 nitrogen and oxygen atoms in total.